The Hall–Kier alpha value is -2.87. The zero-order valence-corrected chi connectivity index (χ0v) is 12.9. The van der Waals surface area contributed by atoms with Crippen LogP contribution in [-0.2, 0) is 18.3 Å². The van der Waals surface area contributed by atoms with Crippen LogP contribution in [0.3, 0.4) is 0 Å². The molecule has 2 aromatic heterocycles. The van der Waals surface area contributed by atoms with E-state index in [-0.39, 0.29) is 5.82 Å². The van der Waals surface area contributed by atoms with Crippen LogP contribution in [0.4, 0.5) is 17.3 Å². The van der Waals surface area contributed by atoms with Crippen LogP contribution in [0.5, 0.6) is 0 Å². The second-order valence-corrected chi connectivity index (χ2v) is 5.19. The number of aryl methyl sites for hydroxylation is 1. The van der Waals surface area contributed by atoms with Crippen molar-refractivity contribution in [3.05, 3.63) is 46.9 Å². The summed E-state index contributed by atoms with van der Waals surface area (Å²) in [5.41, 5.74) is 1.86. The summed E-state index contributed by atoms with van der Waals surface area (Å²) in [5, 5.41) is 15.1. The molecule has 0 amide bonds. The predicted octanol–water partition coefficient (Wildman–Crippen LogP) is 2.67. The molecule has 8 heteroatoms. The molecule has 0 fully saturated rings. The first-order chi connectivity index (χ1) is 11.1. The number of benzene rings is 1. The third kappa shape index (κ3) is 2.88. The van der Waals surface area contributed by atoms with Gasteiger partial charge in [-0.25, -0.2) is 0 Å². The second-order valence-electron chi connectivity index (χ2n) is 5.19. The Morgan fingerprint density at radius 3 is 2.96 bits per heavy atom. The Morgan fingerprint density at radius 2 is 2.22 bits per heavy atom. The first kappa shape index (κ1) is 15.0. The molecule has 3 rings (SSSR count). The number of aromatic nitrogens is 3. The number of nitro groups is 1. The van der Waals surface area contributed by atoms with Crippen LogP contribution in [0, 0.1) is 10.1 Å². The molecule has 0 saturated carbocycles. The number of methoxy groups -OCH3 is 1. The molecular weight excluding hydrogens is 298 g/mol. The number of nitrogens with zero attached hydrogens (tertiary/aromatic N) is 4. The van der Waals surface area contributed by atoms with Crippen molar-refractivity contribution >= 4 is 28.2 Å². The largest absolute Gasteiger partial charge is 0.406 e. The summed E-state index contributed by atoms with van der Waals surface area (Å²) >= 11 is 0. The minimum Gasteiger partial charge on any atom is -0.383 e. The van der Waals surface area contributed by atoms with E-state index in [4.69, 9.17) is 4.74 Å². The quantitative estimate of drug-likeness (QED) is 0.558. The molecule has 1 N–H and O–H groups in total. The van der Waals surface area contributed by atoms with Gasteiger partial charge in [0.05, 0.1) is 6.61 Å². The molecule has 120 valence electrons. The van der Waals surface area contributed by atoms with Crippen molar-refractivity contribution in [2.24, 2.45) is 7.05 Å². The highest BCUT2D eigenvalue weighted by molar-refractivity contribution is 5.85. The van der Waals surface area contributed by atoms with Gasteiger partial charge in [-0.1, -0.05) is 0 Å². The molecule has 0 spiro atoms. The number of imidazole rings is 1. The maximum atomic E-state index is 11.0. The first-order valence-corrected chi connectivity index (χ1v) is 7.10. The van der Waals surface area contributed by atoms with Crippen LogP contribution in [0.2, 0.25) is 0 Å². The van der Waals surface area contributed by atoms with Crippen molar-refractivity contribution in [1.82, 2.24) is 14.1 Å². The third-order valence-electron chi connectivity index (χ3n) is 3.66. The summed E-state index contributed by atoms with van der Waals surface area (Å²) in [6.45, 7) is 1.42. The highest BCUT2D eigenvalue weighted by atomic mass is 16.6. The van der Waals surface area contributed by atoms with E-state index < -0.39 is 4.92 Å². The average molecular weight is 315 g/mol. The van der Waals surface area contributed by atoms with Crippen LogP contribution in [0.1, 0.15) is 0 Å². The first-order valence-electron chi connectivity index (χ1n) is 7.10. The topological polar surface area (TPSA) is 87.2 Å². The van der Waals surface area contributed by atoms with Gasteiger partial charge in [0.1, 0.15) is 0 Å². The monoisotopic (exact) mass is 315 g/mol. The molecular formula is C15H17N5O3. The van der Waals surface area contributed by atoms with E-state index in [9.17, 15) is 10.1 Å². The molecule has 2 heterocycles. The SMILES string of the molecule is COCCn1ccc2cc(Nc3c([N+](=O)[O-])ncn3C)ccc21. The van der Waals surface area contributed by atoms with Gasteiger partial charge in [0.2, 0.25) is 12.1 Å². The van der Waals surface area contributed by atoms with Crippen molar-refractivity contribution in [2.45, 2.75) is 6.54 Å². The summed E-state index contributed by atoms with van der Waals surface area (Å²) < 4.78 is 8.80. The number of rotatable bonds is 6. The molecule has 8 nitrogen and oxygen atoms in total. The predicted molar refractivity (Wildman–Crippen MR) is 87.0 cm³/mol. The van der Waals surface area contributed by atoms with Crippen LogP contribution >= 0.6 is 0 Å². The normalized spacial score (nSPS) is 11.0. The third-order valence-corrected chi connectivity index (χ3v) is 3.66. The summed E-state index contributed by atoms with van der Waals surface area (Å²) in [4.78, 5) is 14.3. The number of anilines is 2. The molecule has 23 heavy (non-hydrogen) atoms. The van der Waals surface area contributed by atoms with E-state index >= 15 is 0 Å². The lowest BCUT2D eigenvalue weighted by Gasteiger charge is -2.08. The molecule has 0 radical (unpaired) electrons. The van der Waals surface area contributed by atoms with E-state index in [1.165, 1.54) is 6.33 Å². The zero-order valence-electron chi connectivity index (χ0n) is 12.9. The Kier molecular flexibility index (Phi) is 3.98. The molecule has 0 saturated heterocycles. The van der Waals surface area contributed by atoms with Gasteiger partial charge in [-0.05, 0) is 34.2 Å². The highest BCUT2D eigenvalue weighted by Crippen LogP contribution is 2.27. The van der Waals surface area contributed by atoms with Gasteiger partial charge < -0.3 is 24.7 Å². The summed E-state index contributed by atoms with van der Waals surface area (Å²) in [6.07, 6.45) is 3.42. The van der Waals surface area contributed by atoms with Crippen LogP contribution in [0.15, 0.2) is 36.8 Å². The van der Waals surface area contributed by atoms with Crippen molar-refractivity contribution in [1.29, 1.82) is 0 Å². The molecule has 0 aliphatic rings. The summed E-state index contributed by atoms with van der Waals surface area (Å²) in [6, 6.07) is 7.83. The van der Waals surface area contributed by atoms with Gasteiger partial charge in [0.25, 0.3) is 0 Å². The zero-order chi connectivity index (χ0) is 16.4. The Morgan fingerprint density at radius 1 is 1.39 bits per heavy atom. The Bertz CT molecular complexity index is 852. The van der Waals surface area contributed by atoms with Crippen molar-refractivity contribution in [2.75, 3.05) is 19.0 Å². The number of fused-ring (bicyclic) bond motifs is 1. The minimum atomic E-state index is -0.498. The number of hydrogen-bond donors (Lipinski definition) is 1. The number of ether oxygens (including phenoxy) is 1. The van der Waals surface area contributed by atoms with Crippen LogP contribution < -0.4 is 5.32 Å². The van der Waals surface area contributed by atoms with Gasteiger partial charge in [-0.3, -0.25) is 4.57 Å². The molecule has 0 atom stereocenters. The van der Waals surface area contributed by atoms with E-state index in [1.807, 2.05) is 30.5 Å². The van der Waals surface area contributed by atoms with Gasteiger partial charge in [0, 0.05) is 43.5 Å². The Labute approximate surface area is 132 Å². The fourth-order valence-electron chi connectivity index (χ4n) is 2.49. The van der Waals surface area contributed by atoms with E-state index in [0.29, 0.717) is 12.4 Å². The second kappa shape index (κ2) is 6.09. The summed E-state index contributed by atoms with van der Waals surface area (Å²) in [5.74, 6) is 0.165. The molecule has 0 aliphatic carbocycles. The summed E-state index contributed by atoms with van der Waals surface area (Å²) in [7, 11) is 3.39. The van der Waals surface area contributed by atoms with Crippen molar-refractivity contribution in [3.8, 4) is 0 Å². The number of hydrogen-bond acceptors (Lipinski definition) is 5. The van der Waals surface area contributed by atoms with Crippen molar-refractivity contribution in [3.63, 3.8) is 0 Å². The van der Waals surface area contributed by atoms with E-state index in [0.717, 1.165) is 23.1 Å². The maximum Gasteiger partial charge on any atom is 0.406 e. The van der Waals surface area contributed by atoms with Gasteiger partial charge in [-0.15, -0.1) is 0 Å². The maximum absolute atomic E-state index is 11.0. The lowest BCUT2D eigenvalue weighted by molar-refractivity contribution is -0.388. The number of nitrogens with one attached hydrogen (secondary N) is 1. The van der Waals surface area contributed by atoms with Crippen LogP contribution in [0.25, 0.3) is 10.9 Å². The smallest absolute Gasteiger partial charge is 0.383 e. The molecule has 0 aliphatic heterocycles. The van der Waals surface area contributed by atoms with Crippen molar-refractivity contribution < 1.29 is 9.66 Å². The average Bonchev–Trinajstić information content (AvgIpc) is 3.09. The molecule has 0 unspecified atom stereocenters. The van der Waals surface area contributed by atoms with Gasteiger partial charge in [-0.2, -0.15) is 0 Å². The molecule has 0 bridgehead atoms. The molecule has 1 aromatic carbocycles. The van der Waals surface area contributed by atoms with Crippen LogP contribution in [-0.4, -0.2) is 32.8 Å². The fourth-order valence-corrected chi connectivity index (χ4v) is 2.49. The lowest BCUT2D eigenvalue weighted by atomic mass is 10.2. The fraction of sp³-hybridized carbons (Fsp3) is 0.267. The minimum absolute atomic E-state index is 0.190. The van der Waals surface area contributed by atoms with Gasteiger partial charge in [0.15, 0.2) is 0 Å². The highest BCUT2D eigenvalue weighted by Gasteiger charge is 2.20. The van der Waals surface area contributed by atoms with E-state index in [1.54, 1.807) is 18.7 Å². The Balaban J connectivity index is 1.90. The lowest BCUT2D eigenvalue weighted by Crippen LogP contribution is -2.02. The standard InChI is InChI=1S/C15H17N5O3/c1-18-10-16-14(20(21)22)15(18)17-12-3-4-13-11(9-12)5-6-19(13)7-8-23-2/h3-6,9-10,17H,7-8H2,1-2H3. The molecule has 3 aromatic rings. The van der Waals surface area contributed by atoms with E-state index in [2.05, 4.69) is 14.9 Å². The van der Waals surface area contributed by atoms with Gasteiger partial charge >= 0.3 is 5.82 Å².